The highest BCUT2D eigenvalue weighted by molar-refractivity contribution is 14.1. The van der Waals surface area contributed by atoms with Gasteiger partial charge in [0.2, 0.25) is 0 Å². The second-order valence-corrected chi connectivity index (χ2v) is 7.32. The number of nitrogens with one attached hydrogen (secondary N) is 1. The molecule has 0 radical (unpaired) electrons. The van der Waals surface area contributed by atoms with Crippen LogP contribution in [-0.2, 0) is 10.0 Å². The van der Waals surface area contributed by atoms with E-state index in [1.807, 2.05) is 22.6 Å². The Morgan fingerprint density at radius 1 is 0.870 bits per heavy atom. The Morgan fingerprint density at radius 2 is 1.48 bits per heavy atom. The third-order valence-corrected chi connectivity index (χ3v) is 5.29. The van der Waals surface area contributed by atoms with Crippen molar-refractivity contribution in [2.45, 2.75) is 4.90 Å². The van der Waals surface area contributed by atoms with E-state index >= 15 is 0 Å². The Kier molecular flexibility index (Phi) is 5.58. The number of sulfonamides is 1. The summed E-state index contributed by atoms with van der Waals surface area (Å²) < 4.78 is 43.6. The maximum atomic E-state index is 12.5. The van der Waals surface area contributed by atoms with E-state index in [1.165, 1.54) is 27.4 Å². The van der Waals surface area contributed by atoms with E-state index in [4.69, 9.17) is 14.2 Å². The van der Waals surface area contributed by atoms with Crippen LogP contribution in [0.15, 0.2) is 41.3 Å². The van der Waals surface area contributed by atoms with Crippen molar-refractivity contribution in [3.8, 4) is 17.2 Å². The van der Waals surface area contributed by atoms with Gasteiger partial charge in [0.25, 0.3) is 10.0 Å². The molecule has 6 nitrogen and oxygen atoms in total. The highest BCUT2D eigenvalue weighted by Crippen LogP contribution is 2.31. The molecule has 0 aromatic heterocycles. The predicted molar refractivity (Wildman–Crippen MR) is 96.1 cm³/mol. The number of hydrogen-bond donors (Lipinski definition) is 1. The highest BCUT2D eigenvalue weighted by atomic mass is 127. The summed E-state index contributed by atoms with van der Waals surface area (Å²) in [5.74, 6) is 1.59. The lowest BCUT2D eigenvalue weighted by Gasteiger charge is -2.12. The van der Waals surface area contributed by atoms with Crippen molar-refractivity contribution in [2.24, 2.45) is 0 Å². The quantitative estimate of drug-likeness (QED) is 0.687. The molecule has 0 fully saturated rings. The van der Waals surface area contributed by atoms with E-state index in [-0.39, 0.29) is 4.90 Å². The zero-order chi connectivity index (χ0) is 17.0. The lowest BCUT2D eigenvalue weighted by Crippen LogP contribution is -2.13. The first-order valence-electron chi connectivity index (χ1n) is 6.49. The van der Waals surface area contributed by atoms with Gasteiger partial charge in [-0.2, -0.15) is 0 Å². The van der Waals surface area contributed by atoms with Crippen LogP contribution < -0.4 is 18.9 Å². The Morgan fingerprint density at radius 3 is 2.04 bits per heavy atom. The van der Waals surface area contributed by atoms with E-state index < -0.39 is 10.0 Å². The molecule has 0 amide bonds. The van der Waals surface area contributed by atoms with E-state index in [0.29, 0.717) is 26.5 Å². The number of halogens is 1. The first-order valence-corrected chi connectivity index (χ1v) is 9.06. The van der Waals surface area contributed by atoms with Gasteiger partial charge >= 0.3 is 0 Å². The summed E-state index contributed by atoms with van der Waals surface area (Å²) in [5.41, 5.74) is 0.383. The van der Waals surface area contributed by atoms with Crippen molar-refractivity contribution in [1.82, 2.24) is 0 Å². The number of benzene rings is 2. The molecule has 0 bridgehead atoms. The fourth-order valence-corrected chi connectivity index (χ4v) is 3.95. The van der Waals surface area contributed by atoms with Crippen molar-refractivity contribution in [2.75, 3.05) is 26.1 Å². The molecular formula is C15H16INO5S. The highest BCUT2D eigenvalue weighted by Gasteiger charge is 2.17. The van der Waals surface area contributed by atoms with Gasteiger partial charge in [-0.15, -0.1) is 0 Å². The third kappa shape index (κ3) is 3.99. The van der Waals surface area contributed by atoms with Gasteiger partial charge < -0.3 is 14.2 Å². The number of anilines is 1. The molecule has 8 heteroatoms. The fraction of sp³-hybridized carbons (Fsp3) is 0.200. The third-order valence-electron chi connectivity index (χ3n) is 3.07. The van der Waals surface area contributed by atoms with Crippen molar-refractivity contribution in [3.63, 3.8) is 0 Å². The largest absolute Gasteiger partial charge is 0.496 e. The van der Waals surface area contributed by atoms with Crippen LogP contribution in [0.4, 0.5) is 5.69 Å². The summed E-state index contributed by atoms with van der Waals surface area (Å²) >= 11 is 2.02. The lowest BCUT2D eigenvalue weighted by molar-refractivity contribution is 0.355. The van der Waals surface area contributed by atoms with E-state index in [0.717, 1.165) is 0 Å². The molecule has 0 heterocycles. The molecule has 23 heavy (non-hydrogen) atoms. The molecule has 0 saturated heterocycles. The first kappa shape index (κ1) is 17.7. The molecule has 124 valence electrons. The van der Waals surface area contributed by atoms with E-state index in [2.05, 4.69) is 4.72 Å². The number of methoxy groups -OCH3 is 3. The normalized spacial score (nSPS) is 11.0. The van der Waals surface area contributed by atoms with Crippen molar-refractivity contribution in [1.29, 1.82) is 0 Å². The molecule has 0 unspecified atom stereocenters. The fourth-order valence-electron chi connectivity index (χ4n) is 1.93. The van der Waals surface area contributed by atoms with Crippen LogP contribution in [0.25, 0.3) is 0 Å². The maximum Gasteiger partial charge on any atom is 0.261 e. The van der Waals surface area contributed by atoms with Gasteiger partial charge in [0.15, 0.2) is 11.5 Å². The minimum Gasteiger partial charge on any atom is -0.496 e. The van der Waals surface area contributed by atoms with Gasteiger partial charge in [-0.1, -0.05) is 0 Å². The van der Waals surface area contributed by atoms with Gasteiger partial charge in [-0.3, -0.25) is 4.72 Å². The molecule has 0 spiro atoms. The number of hydrogen-bond acceptors (Lipinski definition) is 5. The summed E-state index contributed by atoms with van der Waals surface area (Å²) in [6.45, 7) is 0. The van der Waals surface area contributed by atoms with Crippen LogP contribution in [0, 0.1) is 3.57 Å². The molecule has 0 aliphatic rings. The molecule has 2 aromatic rings. The van der Waals surface area contributed by atoms with Gasteiger partial charge in [-0.25, -0.2) is 8.42 Å². The summed E-state index contributed by atoms with van der Waals surface area (Å²) in [6.07, 6.45) is 0. The number of rotatable bonds is 6. The lowest BCUT2D eigenvalue weighted by atomic mass is 10.3. The van der Waals surface area contributed by atoms with Gasteiger partial charge in [0.05, 0.1) is 35.5 Å². The average molecular weight is 449 g/mol. The molecular weight excluding hydrogens is 433 g/mol. The zero-order valence-corrected chi connectivity index (χ0v) is 15.8. The first-order chi connectivity index (χ1) is 10.9. The number of ether oxygens (including phenoxy) is 3. The van der Waals surface area contributed by atoms with Crippen LogP contribution in [0.2, 0.25) is 0 Å². The van der Waals surface area contributed by atoms with Crippen molar-refractivity contribution in [3.05, 3.63) is 40.0 Å². The second-order valence-electron chi connectivity index (χ2n) is 4.47. The van der Waals surface area contributed by atoms with Gasteiger partial charge in [0.1, 0.15) is 5.75 Å². The van der Waals surface area contributed by atoms with Gasteiger partial charge in [-0.05, 0) is 52.9 Å². The molecule has 2 rings (SSSR count). The summed E-state index contributed by atoms with van der Waals surface area (Å²) in [5, 5.41) is 0. The summed E-state index contributed by atoms with van der Waals surface area (Å²) in [6, 6.07) is 9.45. The minimum atomic E-state index is -3.71. The zero-order valence-electron chi connectivity index (χ0n) is 12.8. The average Bonchev–Trinajstić information content (AvgIpc) is 2.54. The predicted octanol–water partition coefficient (Wildman–Crippen LogP) is 3.12. The maximum absolute atomic E-state index is 12.5. The Labute approximate surface area is 148 Å². The van der Waals surface area contributed by atoms with Crippen molar-refractivity contribution < 1.29 is 22.6 Å². The molecule has 1 N–H and O–H groups in total. The van der Waals surface area contributed by atoms with E-state index in [9.17, 15) is 8.42 Å². The standard InChI is InChI=1S/C15H16INO5S/c1-20-13-7-5-11(9-12(13)16)23(18,19)17-10-4-6-14(21-2)15(8-10)22-3/h4-9,17H,1-3H3. The van der Waals surface area contributed by atoms with Crippen LogP contribution in [0.3, 0.4) is 0 Å². The Bertz CT molecular complexity index is 808. The topological polar surface area (TPSA) is 73.9 Å². The van der Waals surface area contributed by atoms with Crippen LogP contribution in [0.5, 0.6) is 17.2 Å². The molecule has 0 aliphatic carbocycles. The molecule has 0 saturated carbocycles. The Hall–Kier alpha value is -1.68. The minimum absolute atomic E-state index is 0.150. The summed E-state index contributed by atoms with van der Waals surface area (Å²) in [7, 11) is 0.826. The van der Waals surface area contributed by atoms with Gasteiger partial charge in [0, 0.05) is 6.07 Å². The summed E-state index contributed by atoms with van der Waals surface area (Å²) in [4.78, 5) is 0.150. The van der Waals surface area contributed by atoms with Crippen LogP contribution in [0.1, 0.15) is 0 Å². The molecule has 2 aromatic carbocycles. The monoisotopic (exact) mass is 449 g/mol. The van der Waals surface area contributed by atoms with Crippen molar-refractivity contribution >= 4 is 38.3 Å². The molecule has 0 aliphatic heterocycles. The molecule has 0 atom stereocenters. The second kappa shape index (κ2) is 7.26. The van der Waals surface area contributed by atoms with Crippen LogP contribution in [-0.4, -0.2) is 29.7 Å². The Balaban J connectivity index is 2.33. The SMILES string of the molecule is COc1ccc(S(=O)(=O)Nc2ccc(OC)c(OC)c2)cc1I. The van der Waals surface area contributed by atoms with Crippen LogP contribution >= 0.6 is 22.6 Å². The smallest absolute Gasteiger partial charge is 0.261 e. The van der Waals surface area contributed by atoms with E-state index in [1.54, 1.807) is 30.3 Å².